The number of amides is 1. The van der Waals surface area contributed by atoms with Crippen LogP contribution in [0.2, 0.25) is 0 Å². The molecule has 7 heteroatoms. The summed E-state index contributed by atoms with van der Waals surface area (Å²) in [5.74, 6) is -0.199. The van der Waals surface area contributed by atoms with Crippen molar-refractivity contribution in [2.24, 2.45) is 0 Å². The fourth-order valence-electron chi connectivity index (χ4n) is 3.33. The summed E-state index contributed by atoms with van der Waals surface area (Å²) >= 11 is 0. The SMILES string of the molecule is O=C(CCc1ccc(F)cc1)N1CCO[C@H](c2ccc(-c3cncnc3)cn2)C1. The zero-order valence-corrected chi connectivity index (χ0v) is 15.9. The maximum atomic E-state index is 13.0. The van der Waals surface area contributed by atoms with Gasteiger partial charge in [0.1, 0.15) is 18.2 Å². The first-order valence-corrected chi connectivity index (χ1v) is 9.54. The third-order valence-corrected chi connectivity index (χ3v) is 4.97. The van der Waals surface area contributed by atoms with E-state index in [-0.39, 0.29) is 17.8 Å². The average Bonchev–Trinajstić information content (AvgIpc) is 2.79. The van der Waals surface area contributed by atoms with Crippen LogP contribution in [0.5, 0.6) is 0 Å². The van der Waals surface area contributed by atoms with Gasteiger partial charge in [0.05, 0.1) is 18.8 Å². The molecule has 1 aromatic carbocycles. The van der Waals surface area contributed by atoms with Crippen molar-refractivity contribution in [2.75, 3.05) is 19.7 Å². The van der Waals surface area contributed by atoms with Crippen molar-refractivity contribution in [3.8, 4) is 11.1 Å². The van der Waals surface area contributed by atoms with Crippen LogP contribution in [-0.2, 0) is 16.0 Å². The van der Waals surface area contributed by atoms with E-state index in [1.165, 1.54) is 18.5 Å². The normalized spacial score (nSPS) is 16.6. The van der Waals surface area contributed by atoms with Gasteiger partial charge < -0.3 is 9.64 Å². The molecule has 148 valence electrons. The molecule has 0 aliphatic carbocycles. The molecular weight excluding hydrogens is 371 g/mol. The zero-order valence-electron chi connectivity index (χ0n) is 15.9. The second-order valence-corrected chi connectivity index (χ2v) is 6.92. The second-order valence-electron chi connectivity index (χ2n) is 6.92. The van der Waals surface area contributed by atoms with E-state index in [9.17, 15) is 9.18 Å². The maximum Gasteiger partial charge on any atom is 0.223 e. The Labute approximate surface area is 168 Å². The first-order valence-electron chi connectivity index (χ1n) is 9.54. The molecular formula is C22H21FN4O2. The van der Waals surface area contributed by atoms with Gasteiger partial charge in [-0.15, -0.1) is 0 Å². The first-order chi connectivity index (χ1) is 14.2. The van der Waals surface area contributed by atoms with Gasteiger partial charge in [0.2, 0.25) is 5.91 Å². The summed E-state index contributed by atoms with van der Waals surface area (Å²) in [6.07, 6.45) is 7.46. The Kier molecular flexibility index (Phi) is 5.86. The van der Waals surface area contributed by atoms with Crippen molar-refractivity contribution >= 4 is 5.91 Å². The number of nitrogens with zero attached hydrogens (tertiary/aromatic N) is 4. The van der Waals surface area contributed by atoms with E-state index >= 15 is 0 Å². The van der Waals surface area contributed by atoms with Crippen molar-refractivity contribution in [3.05, 3.63) is 78.4 Å². The number of morpholine rings is 1. The molecule has 0 radical (unpaired) electrons. The Morgan fingerprint density at radius 3 is 2.59 bits per heavy atom. The van der Waals surface area contributed by atoms with Crippen LogP contribution in [0.15, 0.2) is 61.3 Å². The fraction of sp³-hybridized carbons (Fsp3) is 0.273. The Balaban J connectivity index is 1.36. The van der Waals surface area contributed by atoms with Gasteiger partial charge >= 0.3 is 0 Å². The van der Waals surface area contributed by atoms with Gasteiger partial charge in [-0.1, -0.05) is 18.2 Å². The van der Waals surface area contributed by atoms with E-state index < -0.39 is 0 Å². The van der Waals surface area contributed by atoms with Crippen LogP contribution < -0.4 is 0 Å². The number of carbonyl (C=O) groups is 1. The molecule has 3 heterocycles. The van der Waals surface area contributed by atoms with Crippen LogP contribution in [0.1, 0.15) is 23.8 Å². The summed E-state index contributed by atoms with van der Waals surface area (Å²) in [4.78, 5) is 27.0. The number of pyridine rings is 1. The van der Waals surface area contributed by atoms with Crippen LogP contribution in [0, 0.1) is 5.82 Å². The molecule has 1 fully saturated rings. The molecule has 2 aromatic heterocycles. The molecule has 1 saturated heterocycles. The molecule has 6 nitrogen and oxygen atoms in total. The molecule has 1 aliphatic heterocycles. The summed E-state index contributed by atoms with van der Waals surface area (Å²) in [5.41, 5.74) is 3.57. The largest absolute Gasteiger partial charge is 0.368 e. The monoisotopic (exact) mass is 392 g/mol. The Morgan fingerprint density at radius 1 is 1.07 bits per heavy atom. The lowest BCUT2D eigenvalue weighted by Crippen LogP contribution is -2.42. The Morgan fingerprint density at radius 2 is 1.86 bits per heavy atom. The summed E-state index contributed by atoms with van der Waals surface area (Å²) in [6.45, 7) is 1.52. The third kappa shape index (κ3) is 4.81. The van der Waals surface area contributed by atoms with Crippen LogP contribution in [0.4, 0.5) is 4.39 Å². The van der Waals surface area contributed by atoms with Crippen molar-refractivity contribution in [2.45, 2.75) is 18.9 Å². The number of halogens is 1. The fourth-order valence-corrected chi connectivity index (χ4v) is 3.33. The van der Waals surface area contributed by atoms with Gasteiger partial charge in [0.25, 0.3) is 0 Å². The quantitative estimate of drug-likeness (QED) is 0.667. The predicted octanol–water partition coefficient (Wildman–Crippen LogP) is 3.21. The molecule has 0 bridgehead atoms. The van der Waals surface area contributed by atoms with Crippen LogP contribution in [-0.4, -0.2) is 45.5 Å². The van der Waals surface area contributed by atoms with Gasteiger partial charge in [-0.3, -0.25) is 9.78 Å². The minimum absolute atomic E-state index is 0.0701. The number of hydrogen-bond acceptors (Lipinski definition) is 5. The number of benzene rings is 1. The molecule has 0 N–H and O–H groups in total. The molecule has 1 amide bonds. The Bertz CT molecular complexity index is 949. The van der Waals surface area contributed by atoms with Crippen molar-refractivity contribution in [3.63, 3.8) is 0 Å². The lowest BCUT2D eigenvalue weighted by molar-refractivity contribution is -0.139. The molecule has 0 saturated carbocycles. The van der Waals surface area contributed by atoms with Gasteiger partial charge in [0.15, 0.2) is 0 Å². The maximum absolute atomic E-state index is 13.0. The third-order valence-electron chi connectivity index (χ3n) is 4.97. The standard InChI is InChI=1S/C22H21FN4O2/c23-19-5-1-16(2-6-19)3-8-22(28)27-9-10-29-21(14-27)20-7-4-17(13-26-20)18-11-24-15-25-12-18/h1-2,4-7,11-13,15,21H,3,8-10,14H2/t21-/m0/s1. The van der Waals surface area contributed by atoms with Gasteiger partial charge in [-0.05, 0) is 30.2 Å². The average molecular weight is 392 g/mol. The molecule has 29 heavy (non-hydrogen) atoms. The zero-order chi connectivity index (χ0) is 20.1. The van der Waals surface area contributed by atoms with E-state index in [1.807, 2.05) is 17.0 Å². The predicted molar refractivity (Wildman–Crippen MR) is 105 cm³/mol. The van der Waals surface area contributed by atoms with Crippen molar-refractivity contribution < 1.29 is 13.9 Å². The number of hydrogen-bond donors (Lipinski definition) is 0. The van der Waals surface area contributed by atoms with Gasteiger partial charge in [-0.25, -0.2) is 14.4 Å². The smallest absolute Gasteiger partial charge is 0.223 e. The minimum Gasteiger partial charge on any atom is -0.368 e. The van der Waals surface area contributed by atoms with Crippen LogP contribution in [0.25, 0.3) is 11.1 Å². The van der Waals surface area contributed by atoms with E-state index in [0.717, 1.165) is 22.4 Å². The highest BCUT2D eigenvalue weighted by Gasteiger charge is 2.26. The van der Waals surface area contributed by atoms with E-state index in [2.05, 4.69) is 15.0 Å². The number of aryl methyl sites for hydroxylation is 1. The second kappa shape index (κ2) is 8.87. The van der Waals surface area contributed by atoms with E-state index in [0.29, 0.717) is 32.5 Å². The van der Waals surface area contributed by atoms with Crippen LogP contribution in [0.3, 0.4) is 0 Å². The van der Waals surface area contributed by atoms with Gasteiger partial charge in [0, 0.05) is 42.7 Å². The summed E-state index contributed by atoms with van der Waals surface area (Å²) < 4.78 is 18.8. The molecule has 0 unspecified atom stereocenters. The van der Waals surface area contributed by atoms with E-state index in [1.54, 1.807) is 30.7 Å². The van der Waals surface area contributed by atoms with Crippen molar-refractivity contribution in [1.29, 1.82) is 0 Å². The minimum atomic E-state index is -0.269. The number of carbonyl (C=O) groups excluding carboxylic acids is 1. The summed E-state index contributed by atoms with van der Waals surface area (Å²) in [5, 5.41) is 0. The van der Waals surface area contributed by atoms with Gasteiger partial charge in [-0.2, -0.15) is 0 Å². The summed E-state index contributed by atoms with van der Waals surface area (Å²) in [7, 11) is 0. The van der Waals surface area contributed by atoms with Crippen molar-refractivity contribution in [1.82, 2.24) is 19.9 Å². The highest BCUT2D eigenvalue weighted by atomic mass is 19.1. The summed E-state index contributed by atoms with van der Waals surface area (Å²) in [6, 6.07) is 10.1. The number of rotatable bonds is 5. The first kappa shape index (κ1) is 19.1. The van der Waals surface area contributed by atoms with E-state index in [4.69, 9.17) is 4.74 Å². The highest BCUT2D eigenvalue weighted by Crippen LogP contribution is 2.24. The topological polar surface area (TPSA) is 68.2 Å². The Hall–Kier alpha value is -3.19. The molecule has 3 aromatic rings. The number of ether oxygens (including phenoxy) is 1. The molecule has 0 spiro atoms. The molecule has 1 atom stereocenters. The van der Waals surface area contributed by atoms with Crippen LogP contribution >= 0.6 is 0 Å². The lowest BCUT2D eigenvalue weighted by Gasteiger charge is -2.32. The number of aromatic nitrogens is 3. The molecule has 4 rings (SSSR count). The highest BCUT2D eigenvalue weighted by molar-refractivity contribution is 5.76. The lowest BCUT2D eigenvalue weighted by atomic mass is 10.1. The molecule has 1 aliphatic rings.